The van der Waals surface area contributed by atoms with Gasteiger partial charge in [-0.25, -0.2) is 9.97 Å². The summed E-state index contributed by atoms with van der Waals surface area (Å²) in [4.78, 5) is 19.2. The fourth-order valence-corrected chi connectivity index (χ4v) is 1.44. The number of hydrogen-bond acceptors (Lipinski definition) is 4. The summed E-state index contributed by atoms with van der Waals surface area (Å²) in [6.07, 6.45) is 4.93. The van der Waals surface area contributed by atoms with Crippen molar-refractivity contribution in [2.75, 3.05) is 11.1 Å². The van der Waals surface area contributed by atoms with Crippen LogP contribution in [-0.4, -0.2) is 15.9 Å². The number of fused-ring (bicyclic) bond motifs is 1. The van der Waals surface area contributed by atoms with Crippen LogP contribution in [0.4, 0.5) is 11.6 Å². The monoisotopic (exact) mass is 246 g/mol. The molecule has 84 valence electrons. The summed E-state index contributed by atoms with van der Waals surface area (Å²) in [5.74, 6) is 1.51. The summed E-state index contributed by atoms with van der Waals surface area (Å²) in [5, 5.41) is 2.89. The van der Waals surface area contributed by atoms with Gasteiger partial charge in [-0.05, 0) is 24.1 Å². The molecule has 0 bridgehead atoms. The van der Waals surface area contributed by atoms with Crippen molar-refractivity contribution < 1.29 is 4.79 Å². The quantitative estimate of drug-likeness (QED) is 0.746. The molecule has 0 unspecified atom stereocenters. The van der Waals surface area contributed by atoms with Crippen molar-refractivity contribution in [3.8, 4) is 12.3 Å². The van der Waals surface area contributed by atoms with E-state index in [4.69, 9.17) is 23.8 Å². The van der Waals surface area contributed by atoms with Gasteiger partial charge in [0.05, 0.1) is 11.0 Å². The average Bonchev–Trinajstić information content (AvgIpc) is 2.30. The molecule has 1 aromatic heterocycles. The van der Waals surface area contributed by atoms with Crippen LogP contribution >= 0.6 is 11.6 Å². The first-order chi connectivity index (χ1) is 8.10. The van der Waals surface area contributed by atoms with Crippen LogP contribution in [-0.2, 0) is 4.79 Å². The summed E-state index contributed by atoms with van der Waals surface area (Å²) < 4.78 is 0. The zero-order valence-electron chi connectivity index (χ0n) is 8.57. The predicted octanol–water partition coefficient (Wildman–Crippen LogP) is 1.44. The highest BCUT2D eigenvalue weighted by atomic mass is 35.5. The second-order valence-electron chi connectivity index (χ2n) is 3.19. The highest BCUT2D eigenvalue weighted by molar-refractivity contribution is 6.31. The molecule has 0 aliphatic heterocycles. The number of anilines is 2. The number of nitrogens with zero attached hydrogens (tertiary/aromatic N) is 2. The molecule has 1 aromatic carbocycles. The first-order valence-electron chi connectivity index (χ1n) is 4.60. The van der Waals surface area contributed by atoms with Crippen LogP contribution in [0.5, 0.6) is 0 Å². The number of nitrogen functional groups attached to an aromatic ring is 1. The molecule has 0 radical (unpaired) electrons. The first kappa shape index (κ1) is 11.2. The molecule has 17 heavy (non-hydrogen) atoms. The summed E-state index contributed by atoms with van der Waals surface area (Å²) in [6.45, 7) is 0. The largest absolute Gasteiger partial charge is 0.381 e. The van der Waals surface area contributed by atoms with Gasteiger partial charge >= 0.3 is 5.91 Å². The normalized spacial score (nSPS) is 9.88. The number of rotatable bonds is 1. The van der Waals surface area contributed by atoms with Crippen LogP contribution in [0.3, 0.4) is 0 Å². The Hall–Kier alpha value is -2.32. The van der Waals surface area contributed by atoms with Gasteiger partial charge in [-0.2, -0.15) is 0 Å². The third-order valence-corrected chi connectivity index (χ3v) is 2.25. The Bertz CT molecular complexity index is 648. The van der Waals surface area contributed by atoms with Gasteiger partial charge in [0.1, 0.15) is 0 Å². The van der Waals surface area contributed by atoms with E-state index in [2.05, 4.69) is 15.3 Å². The predicted molar refractivity (Wildman–Crippen MR) is 66.4 cm³/mol. The van der Waals surface area contributed by atoms with Gasteiger partial charge in [0.25, 0.3) is 0 Å². The smallest absolute Gasteiger partial charge is 0.301 e. The summed E-state index contributed by atoms with van der Waals surface area (Å²) in [6, 6.07) is 4.98. The molecule has 1 heterocycles. The lowest BCUT2D eigenvalue weighted by molar-refractivity contribution is -0.111. The third-order valence-electron chi connectivity index (χ3n) is 2.02. The third kappa shape index (κ3) is 2.27. The van der Waals surface area contributed by atoms with Crippen LogP contribution < -0.4 is 11.1 Å². The van der Waals surface area contributed by atoms with E-state index in [9.17, 15) is 4.79 Å². The fraction of sp³-hybridized carbons (Fsp3) is 0. The second kappa shape index (κ2) is 4.28. The minimum atomic E-state index is -0.626. The van der Waals surface area contributed by atoms with E-state index >= 15 is 0 Å². The van der Waals surface area contributed by atoms with Crippen molar-refractivity contribution in [3.05, 3.63) is 23.2 Å². The highest BCUT2D eigenvalue weighted by Crippen LogP contribution is 2.21. The maximum atomic E-state index is 11.0. The molecule has 3 N–H and O–H groups in total. The lowest BCUT2D eigenvalue weighted by atomic mass is 10.3. The number of hydrogen-bond donors (Lipinski definition) is 2. The van der Waals surface area contributed by atoms with E-state index in [0.717, 1.165) is 0 Å². The molecule has 2 rings (SSSR count). The minimum absolute atomic E-state index is 0.0865. The van der Waals surface area contributed by atoms with Gasteiger partial charge in [-0.3, -0.25) is 10.1 Å². The molecule has 0 atom stereocenters. The first-order valence-corrected chi connectivity index (χ1v) is 4.98. The van der Waals surface area contributed by atoms with Gasteiger partial charge in [0, 0.05) is 5.02 Å². The van der Waals surface area contributed by atoms with E-state index < -0.39 is 5.91 Å². The molecule has 0 spiro atoms. The Morgan fingerprint density at radius 2 is 2.18 bits per heavy atom. The van der Waals surface area contributed by atoms with Crippen molar-refractivity contribution >= 4 is 40.2 Å². The fourth-order valence-electron chi connectivity index (χ4n) is 1.28. The molecular formula is C11H7ClN4O. The van der Waals surface area contributed by atoms with Crippen LogP contribution in [0.25, 0.3) is 11.0 Å². The molecular weight excluding hydrogens is 240 g/mol. The van der Waals surface area contributed by atoms with E-state index in [1.165, 1.54) is 0 Å². The molecule has 0 saturated carbocycles. The van der Waals surface area contributed by atoms with Crippen molar-refractivity contribution in [3.63, 3.8) is 0 Å². The number of nitrogens with one attached hydrogen (secondary N) is 1. The highest BCUT2D eigenvalue weighted by Gasteiger charge is 2.08. The zero-order valence-corrected chi connectivity index (χ0v) is 9.32. The van der Waals surface area contributed by atoms with Crippen molar-refractivity contribution in [2.24, 2.45) is 0 Å². The molecule has 0 aliphatic rings. The Kier molecular flexibility index (Phi) is 2.81. The second-order valence-corrected chi connectivity index (χ2v) is 3.63. The average molecular weight is 247 g/mol. The zero-order chi connectivity index (χ0) is 12.4. The van der Waals surface area contributed by atoms with Crippen LogP contribution in [0.2, 0.25) is 5.02 Å². The number of terminal acetylenes is 1. The van der Waals surface area contributed by atoms with Gasteiger partial charge in [0.15, 0.2) is 11.6 Å². The van der Waals surface area contributed by atoms with Gasteiger partial charge in [-0.1, -0.05) is 11.6 Å². The molecule has 1 amide bonds. The number of aromatic nitrogens is 2. The SMILES string of the molecule is C#CC(=O)Nc1nc2ccc(Cl)cc2nc1N. The number of halogens is 1. The van der Waals surface area contributed by atoms with Crippen molar-refractivity contribution in [2.45, 2.75) is 0 Å². The summed E-state index contributed by atoms with van der Waals surface area (Å²) in [7, 11) is 0. The van der Waals surface area contributed by atoms with E-state index in [1.807, 2.05) is 5.92 Å². The standard InChI is InChI=1S/C11H7ClN4O/c1-2-9(17)16-11-10(13)14-8-5-6(12)3-4-7(8)15-11/h1,3-5H,(H2,13,14)(H,15,16,17). The molecule has 0 saturated heterocycles. The maximum Gasteiger partial charge on any atom is 0.301 e. The van der Waals surface area contributed by atoms with Crippen LogP contribution in [0, 0.1) is 12.3 Å². The lowest BCUT2D eigenvalue weighted by Gasteiger charge is -2.05. The minimum Gasteiger partial charge on any atom is -0.381 e. The molecule has 0 fully saturated rings. The Morgan fingerprint density at radius 1 is 1.41 bits per heavy atom. The van der Waals surface area contributed by atoms with Crippen LogP contribution in [0.1, 0.15) is 0 Å². The molecule has 0 aliphatic carbocycles. The Labute approximate surface area is 102 Å². The van der Waals surface area contributed by atoms with Crippen molar-refractivity contribution in [1.29, 1.82) is 0 Å². The number of nitrogens with two attached hydrogens (primary N) is 1. The topological polar surface area (TPSA) is 80.9 Å². The van der Waals surface area contributed by atoms with Gasteiger partial charge in [-0.15, -0.1) is 6.42 Å². The molecule has 6 heteroatoms. The number of amides is 1. The maximum absolute atomic E-state index is 11.0. The van der Waals surface area contributed by atoms with Crippen LogP contribution in [0.15, 0.2) is 18.2 Å². The number of carbonyl (C=O) groups is 1. The Balaban J connectivity index is 2.53. The number of carbonyl (C=O) groups excluding carboxylic acids is 1. The Morgan fingerprint density at radius 3 is 2.88 bits per heavy atom. The van der Waals surface area contributed by atoms with Gasteiger partial charge in [0.2, 0.25) is 0 Å². The number of benzene rings is 1. The summed E-state index contributed by atoms with van der Waals surface area (Å²) in [5.41, 5.74) is 6.76. The molecule has 5 nitrogen and oxygen atoms in total. The van der Waals surface area contributed by atoms with E-state index in [0.29, 0.717) is 16.1 Å². The van der Waals surface area contributed by atoms with Crippen molar-refractivity contribution in [1.82, 2.24) is 9.97 Å². The van der Waals surface area contributed by atoms with Gasteiger partial charge < -0.3 is 5.73 Å². The van der Waals surface area contributed by atoms with E-state index in [-0.39, 0.29) is 11.6 Å². The van der Waals surface area contributed by atoms with E-state index in [1.54, 1.807) is 18.2 Å². The molecule has 2 aromatic rings. The lowest BCUT2D eigenvalue weighted by Crippen LogP contribution is -2.12. The summed E-state index contributed by atoms with van der Waals surface area (Å²) >= 11 is 5.81.